The molecule has 0 atom stereocenters. The van der Waals surface area contributed by atoms with Gasteiger partial charge in [-0.1, -0.05) is 0 Å². The minimum absolute atomic E-state index is 0.208. The monoisotopic (exact) mass is 158 g/mol. The molecule has 0 aromatic heterocycles. The number of ether oxygens (including phenoxy) is 1. The van der Waals surface area contributed by atoms with E-state index in [9.17, 15) is 9.59 Å². The van der Waals surface area contributed by atoms with E-state index in [4.69, 9.17) is 16.2 Å². The van der Waals surface area contributed by atoms with Gasteiger partial charge in [0.15, 0.2) is 5.76 Å². The summed E-state index contributed by atoms with van der Waals surface area (Å²) in [5.41, 5.74) is 9.59. The molecule has 0 rings (SSSR count). The molecule has 0 aromatic carbocycles. The van der Waals surface area contributed by atoms with Crippen molar-refractivity contribution in [2.24, 2.45) is 11.5 Å². The van der Waals surface area contributed by atoms with E-state index in [2.05, 4.69) is 0 Å². The van der Waals surface area contributed by atoms with Crippen LogP contribution in [0, 0.1) is 0 Å². The zero-order valence-corrected chi connectivity index (χ0v) is 6.16. The Bertz CT molecular complexity index is 198. The van der Waals surface area contributed by atoms with Crippen molar-refractivity contribution in [2.45, 2.75) is 6.92 Å². The van der Waals surface area contributed by atoms with Gasteiger partial charge in [-0.3, -0.25) is 9.59 Å². The first-order chi connectivity index (χ1) is 5.07. The highest BCUT2D eigenvalue weighted by Gasteiger charge is 2.05. The standard InChI is InChI=1S/C6H10N2O3/c1-2-11-4(6(8)10)3-5(7)9/h3H,2H2,1H3,(H2,7,9)(H2,8,10)/b4-3+. The Morgan fingerprint density at radius 2 is 2.00 bits per heavy atom. The maximum Gasteiger partial charge on any atom is 0.283 e. The van der Waals surface area contributed by atoms with Gasteiger partial charge in [-0.2, -0.15) is 0 Å². The van der Waals surface area contributed by atoms with Gasteiger partial charge in [0.05, 0.1) is 12.7 Å². The molecule has 0 spiro atoms. The number of hydrogen-bond donors (Lipinski definition) is 2. The van der Waals surface area contributed by atoms with Gasteiger partial charge < -0.3 is 16.2 Å². The number of carbonyl (C=O) groups excluding carboxylic acids is 2. The molecule has 0 fully saturated rings. The van der Waals surface area contributed by atoms with Crippen molar-refractivity contribution in [1.82, 2.24) is 0 Å². The van der Waals surface area contributed by atoms with Gasteiger partial charge in [-0.15, -0.1) is 0 Å². The third-order valence-corrected chi connectivity index (χ3v) is 0.816. The van der Waals surface area contributed by atoms with Crippen LogP contribution >= 0.6 is 0 Å². The summed E-state index contributed by atoms with van der Waals surface area (Å²) in [6.07, 6.45) is 0.853. The number of nitrogens with two attached hydrogens (primary N) is 2. The average molecular weight is 158 g/mol. The summed E-state index contributed by atoms with van der Waals surface area (Å²) >= 11 is 0. The quantitative estimate of drug-likeness (QED) is 0.400. The Labute approximate surface area is 64.0 Å². The van der Waals surface area contributed by atoms with Crippen molar-refractivity contribution in [2.75, 3.05) is 6.61 Å². The molecule has 0 bridgehead atoms. The van der Waals surface area contributed by atoms with E-state index in [1.54, 1.807) is 6.92 Å². The van der Waals surface area contributed by atoms with Crippen LogP contribution in [0.4, 0.5) is 0 Å². The predicted molar refractivity (Wildman–Crippen MR) is 38.1 cm³/mol. The SMILES string of the molecule is CCO/C(=C/C(N)=O)C(N)=O. The fraction of sp³-hybridized carbons (Fsp3) is 0.333. The lowest BCUT2D eigenvalue weighted by molar-refractivity contribution is -0.119. The molecule has 0 unspecified atom stereocenters. The lowest BCUT2D eigenvalue weighted by Gasteiger charge is -2.01. The molecule has 62 valence electrons. The fourth-order valence-electron chi connectivity index (χ4n) is 0.469. The minimum atomic E-state index is -0.800. The van der Waals surface area contributed by atoms with E-state index in [0.717, 1.165) is 6.08 Å². The third kappa shape index (κ3) is 3.96. The Balaban J connectivity index is 4.32. The highest BCUT2D eigenvalue weighted by molar-refractivity contribution is 5.98. The molecule has 0 saturated heterocycles. The molecule has 11 heavy (non-hydrogen) atoms. The van der Waals surface area contributed by atoms with Gasteiger partial charge in [0.25, 0.3) is 5.91 Å². The summed E-state index contributed by atoms with van der Waals surface area (Å²) < 4.78 is 4.70. The summed E-state index contributed by atoms with van der Waals surface area (Å²) in [4.78, 5) is 20.7. The Hall–Kier alpha value is -1.52. The number of primary amides is 2. The van der Waals surface area contributed by atoms with Crippen LogP contribution in [0.3, 0.4) is 0 Å². The fourth-order valence-corrected chi connectivity index (χ4v) is 0.469. The van der Waals surface area contributed by atoms with E-state index in [0.29, 0.717) is 0 Å². The molecule has 0 aromatic rings. The molecule has 0 radical (unpaired) electrons. The highest BCUT2D eigenvalue weighted by atomic mass is 16.5. The largest absolute Gasteiger partial charge is 0.488 e. The lowest BCUT2D eigenvalue weighted by atomic mass is 10.4. The van der Waals surface area contributed by atoms with Crippen molar-refractivity contribution >= 4 is 11.8 Å². The maximum atomic E-state index is 10.4. The second-order valence-corrected chi connectivity index (χ2v) is 1.71. The van der Waals surface area contributed by atoms with Gasteiger partial charge in [-0.05, 0) is 6.92 Å². The van der Waals surface area contributed by atoms with E-state index in [-0.39, 0.29) is 12.4 Å². The first-order valence-electron chi connectivity index (χ1n) is 3.01. The smallest absolute Gasteiger partial charge is 0.283 e. The van der Waals surface area contributed by atoms with Crippen LogP contribution in [0.25, 0.3) is 0 Å². The topological polar surface area (TPSA) is 95.4 Å². The van der Waals surface area contributed by atoms with Crippen LogP contribution in [-0.2, 0) is 14.3 Å². The van der Waals surface area contributed by atoms with Gasteiger partial charge >= 0.3 is 0 Å². The normalized spacial score (nSPS) is 10.8. The Morgan fingerprint density at radius 3 is 2.27 bits per heavy atom. The van der Waals surface area contributed by atoms with Gasteiger partial charge in [0.1, 0.15) is 0 Å². The Kier molecular flexibility index (Phi) is 3.72. The molecular weight excluding hydrogens is 148 g/mol. The van der Waals surface area contributed by atoms with Crippen LogP contribution < -0.4 is 11.5 Å². The van der Waals surface area contributed by atoms with E-state index < -0.39 is 11.8 Å². The van der Waals surface area contributed by atoms with Crippen molar-refractivity contribution in [3.05, 3.63) is 11.8 Å². The minimum Gasteiger partial charge on any atom is -0.488 e. The van der Waals surface area contributed by atoms with Crippen LogP contribution in [-0.4, -0.2) is 18.4 Å². The third-order valence-electron chi connectivity index (χ3n) is 0.816. The lowest BCUT2D eigenvalue weighted by Crippen LogP contribution is -2.19. The van der Waals surface area contributed by atoms with Crippen LogP contribution in [0.5, 0.6) is 0 Å². The maximum absolute atomic E-state index is 10.4. The van der Waals surface area contributed by atoms with Crippen molar-refractivity contribution in [3.63, 3.8) is 0 Å². The molecule has 0 aliphatic carbocycles. The number of rotatable bonds is 4. The molecule has 0 aliphatic rings. The van der Waals surface area contributed by atoms with Crippen molar-refractivity contribution in [1.29, 1.82) is 0 Å². The second-order valence-electron chi connectivity index (χ2n) is 1.71. The van der Waals surface area contributed by atoms with Gasteiger partial charge in [0, 0.05) is 0 Å². The van der Waals surface area contributed by atoms with E-state index >= 15 is 0 Å². The van der Waals surface area contributed by atoms with Crippen molar-refractivity contribution < 1.29 is 14.3 Å². The molecule has 4 N–H and O–H groups in total. The van der Waals surface area contributed by atoms with E-state index in [1.807, 2.05) is 0 Å². The summed E-state index contributed by atoms with van der Waals surface area (Å²) in [7, 11) is 0. The summed E-state index contributed by atoms with van der Waals surface area (Å²) in [5, 5.41) is 0. The second kappa shape index (κ2) is 4.32. The van der Waals surface area contributed by atoms with Crippen LogP contribution in [0.15, 0.2) is 11.8 Å². The zero-order valence-electron chi connectivity index (χ0n) is 6.16. The van der Waals surface area contributed by atoms with E-state index in [1.165, 1.54) is 0 Å². The summed E-state index contributed by atoms with van der Waals surface area (Å²) in [5.74, 6) is -1.77. The summed E-state index contributed by atoms with van der Waals surface area (Å²) in [6, 6.07) is 0. The molecule has 5 heteroatoms. The average Bonchev–Trinajstić information content (AvgIpc) is 1.86. The number of amides is 2. The van der Waals surface area contributed by atoms with Crippen LogP contribution in [0.2, 0.25) is 0 Å². The number of carbonyl (C=O) groups is 2. The Morgan fingerprint density at radius 1 is 1.45 bits per heavy atom. The first kappa shape index (κ1) is 9.48. The molecule has 2 amide bonds. The van der Waals surface area contributed by atoms with Gasteiger partial charge in [0.2, 0.25) is 5.91 Å². The molecular formula is C6H10N2O3. The molecule has 0 heterocycles. The summed E-state index contributed by atoms with van der Waals surface area (Å²) in [6.45, 7) is 1.93. The van der Waals surface area contributed by atoms with Crippen molar-refractivity contribution in [3.8, 4) is 0 Å². The molecule has 5 nitrogen and oxygen atoms in total. The highest BCUT2D eigenvalue weighted by Crippen LogP contribution is 1.94. The predicted octanol–water partition coefficient (Wildman–Crippen LogP) is -1.12. The molecule has 0 saturated carbocycles. The first-order valence-corrected chi connectivity index (χ1v) is 3.01. The molecule has 0 aliphatic heterocycles. The van der Waals surface area contributed by atoms with Gasteiger partial charge in [-0.25, -0.2) is 0 Å². The zero-order chi connectivity index (χ0) is 8.85. The number of hydrogen-bond acceptors (Lipinski definition) is 3. The van der Waals surface area contributed by atoms with Crippen LogP contribution in [0.1, 0.15) is 6.92 Å².